The molecule has 0 N–H and O–H groups in total. The summed E-state index contributed by atoms with van der Waals surface area (Å²) in [7, 11) is 0. The lowest BCUT2D eigenvalue weighted by molar-refractivity contribution is 0.753. The molecule has 0 fully saturated rings. The first kappa shape index (κ1) is 32.1. The Kier molecular flexibility index (Phi) is 7.39. The zero-order chi connectivity index (χ0) is 37.1. The van der Waals surface area contributed by atoms with Gasteiger partial charge >= 0.3 is 0 Å². The SMILES string of the molecule is c1ccc(-c2cc(-c3ccccc3-c3cccc4c3N(c3ccccc3)c3ccccc3C43c4ccccc4-c4ccccc43)nc(-c3ccccc3)n2)cc1. The van der Waals surface area contributed by atoms with E-state index in [1.807, 2.05) is 24.3 Å². The summed E-state index contributed by atoms with van der Waals surface area (Å²) in [6, 6.07) is 76.3. The van der Waals surface area contributed by atoms with E-state index in [0.717, 1.165) is 50.6 Å². The number of fused-ring (bicyclic) bond motifs is 9. The molecule has 0 radical (unpaired) electrons. The summed E-state index contributed by atoms with van der Waals surface area (Å²) in [5, 5.41) is 0. The molecule has 0 saturated carbocycles. The number of anilines is 3. The van der Waals surface area contributed by atoms with Crippen molar-refractivity contribution in [3.05, 3.63) is 235 Å². The third-order valence-corrected chi connectivity index (χ3v) is 11.5. The highest BCUT2D eigenvalue weighted by Gasteiger charge is 2.52. The van der Waals surface area contributed by atoms with Crippen LogP contribution in [0.2, 0.25) is 0 Å². The molecule has 8 aromatic carbocycles. The van der Waals surface area contributed by atoms with Gasteiger partial charge in [-0.2, -0.15) is 0 Å². The largest absolute Gasteiger partial charge is 0.309 e. The Morgan fingerprint density at radius 2 is 0.821 bits per heavy atom. The predicted molar refractivity (Wildman–Crippen MR) is 229 cm³/mol. The van der Waals surface area contributed by atoms with Crippen molar-refractivity contribution < 1.29 is 0 Å². The number of para-hydroxylation sites is 3. The molecule has 0 unspecified atom stereocenters. The lowest BCUT2D eigenvalue weighted by Gasteiger charge is -2.46. The first-order valence-electron chi connectivity index (χ1n) is 19.2. The van der Waals surface area contributed by atoms with E-state index in [1.165, 1.54) is 39.1 Å². The summed E-state index contributed by atoms with van der Waals surface area (Å²) in [4.78, 5) is 12.9. The molecule has 3 heteroatoms. The van der Waals surface area contributed by atoms with Gasteiger partial charge in [-0.15, -0.1) is 0 Å². The molecule has 3 nitrogen and oxygen atoms in total. The number of hydrogen-bond donors (Lipinski definition) is 0. The quantitative estimate of drug-likeness (QED) is 0.178. The highest BCUT2D eigenvalue weighted by Crippen LogP contribution is 2.64. The van der Waals surface area contributed by atoms with Crippen molar-refractivity contribution in [3.63, 3.8) is 0 Å². The van der Waals surface area contributed by atoms with Crippen molar-refractivity contribution >= 4 is 17.1 Å². The molecule has 56 heavy (non-hydrogen) atoms. The molecule has 262 valence electrons. The van der Waals surface area contributed by atoms with Gasteiger partial charge < -0.3 is 4.90 Å². The van der Waals surface area contributed by atoms with E-state index in [9.17, 15) is 0 Å². The Morgan fingerprint density at radius 1 is 0.339 bits per heavy atom. The van der Waals surface area contributed by atoms with E-state index in [1.54, 1.807) is 0 Å². The Hall–Kier alpha value is -7.36. The van der Waals surface area contributed by atoms with Crippen LogP contribution in [0.3, 0.4) is 0 Å². The average molecular weight is 714 g/mol. The molecule has 9 aromatic rings. The first-order chi connectivity index (χ1) is 27.8. The zero-order valence-corrected chi connectivity index (χ0v) is 30.5. The standard InChI is InChI=1S/C53H35N3/c1-4-19-36(20-5-1)48-35-49(55-52(54-48)37-21-6-2-7-22-37)42-28-11-10-25-39(42)43-29-18-33-47-51(43)56(38-23-8-3-9-24-38)50-34-17-16-32-46(50)53(47)44-30-14-12-26-40(44)41-27-13-15-31-45(41)53/h1-35H. The molecular formula is C53H35N3. The Balaban J connectivity index is 1.23. The molecule has 11 rings (SSSR count). The summed E-state index contributed by atoms with van der Waals surface area (Å²) < 4.78 is 0. The second-order valence-corrected chi connectivity index (χ2v) is 14.5. The van der Waals surface area contributed by atoms with Crippen LogP contribution in [0.15, 0.2) is 212 Å². The number of aromatic nitrogens is 2. The molecule has 1 aliphatic heterocycles. The van der Waals surface area contributed by atoms with Gasteiger partial charge in [-0.3, -0.25) is 0 Å². The molecule has 2 aliphatic rings. The average Bonchev–Trinajstić information content (AvgIpc) is 3.58. The van der Waals surface area contributed by atoms with Crippen LogP contribution >= 0.6 is 0 Å². The van der Waals surface area contributed by atoms with Crippen LogP contribution in [0.4, 0.5) is 17.1 Å². The minimum atomic E-state index is -0.536. The van der Waals surface area contributed by atoms with Crippen LogP contribution in [0.1, 0.15) is 22.3 Å². The molecule has 1 aromatic heterocycles. The van der Waals surface area contributed by atoms with Crippen LogP contribution in [0.25, 0.3) is 56.2 Å². The van der Waals surface area contributed by atoms with E-state index in [0.29, 0.717) is 5.82 Å². The normalized spacial score (nSPS) is 13.1. The van der Waals surface area contributed by atoms with E-state index >= 15 is 0 Å². The molecular weight excluding hydrogens is 679 g/mol. The van der Waals surface area contributed by atoms with Gasteiger partial charge in [0.2, 0.25) is 0 Å². The van der Waals surface area contributed by atoms with Gasteiger partial charge in [-0.1, -0.05) is 188 Å². The van der Waals surface area contributed by atoms with Crippen molar-refractivity contribution in [1.29, 1.82) is 0 Å². The molecule has 2 heterocycles. The second-order valence-electron chi connectivity index (χ2n) is 14.5. The van der Waals surface area contributed by atoms with Crippen molar-refractivity contribution in [1.82, 2.24) is 9.97 Å². The summed E-state index contributed by atoms with van der Waals surface area (Å²) in [6.07, 6.45) is 0. The van der Waals surface area contributed by atoms with Gasteiger partial charge in [-0.25, -0.2) is 9.97 Å². The topological polar surface area (TPSA) is 29.0 Å². The monoisotopic (exact) mass is 713 g/mol. The summed E-state index contributed by atoms with van der Waals surface area (Å²) in [5.41, 5.74) is 17.7. The van der Waals surface area contributed by atoms with Crippen molar-refractivity contribution in [2.24, 2.45) is 0 Å². The molecule has 1 spiro atoms. The summed E-state index contributed by atoms with van der Waals surface area (Å²) >= 11 is 0. The maximum atomic E-state index is 5.32. The number of rotatable bonds is 5. The summed E-state index contributed by atoms with van der Waals surface area (Å²) in [5.74, 6) is 0.699. The molecule has 1 aliphatic carbocycles. The lowest BCUT2D eigenvalue weighted by atomic mass is 9.64. The Bertz CT molecular complexity index is 2810. The van der Waals surface area contributed by atoms with Gasteiger partial charge in [0.15, 0.2) is 5.82 Å². The number of benzene rings is 8. The van der Waals surface area contributed by atoms with E-state index < -0.39 is 5.41 Å². The summed E-state index contributed by atoms with van der Waals surface area (Å²) in [6.45, 7) is 0. The minimum absolute atomic E-state index is 0.536. The van der Waals surface area contributed by atoms with Gasteiger partial charge in [0.05, 0.1) is 28.2 Å². The maximum Gasteiger partial charge on any atom is 0.160 e. The van der Waals surface area contributed by atoms with Crippen molar-refractivity contribution in [3.8, 4) is 56.2 Å². The van der Waals surface area contributed by atoms with Crippen molar-refractivity contribution in [2.75, 3.05) is 4.90 Å². The van der Waals surface area contributed by atoms with Crippen LogP contribution in [-0.4, -0.2) is 9.97 Å². The fourth-order valence-corrected chi connectivity index (χ4v) is 9.22. The Labute approximate surface area is 326 Å². The fourth-order valence-electron chi connectivity index (χ4n) is 9.22. The van der Waals surface area contributed by atoms with Crippen LogP contribution in [-0.2, 0) is 5.41 Å². The van der Waals surface area contributed by atoms with Gasteiger partial charge in [0, 0.05) is 27.9 Å². The third kappa shape index (κ3) is 4.77. The van der Waals surface area contributed by atoms with E-state index in [2.05, 4.69) is 193 Å². The zero-order valence-electron chi connectivity index (χ0n) is 30.5. The first-order valence-corrected chi connectivity index (χ1v) is 19.2. The fraction of sp³-hybridized carbons (Fsp3) is 0.0189. The number of nitrogens with zero attached hydrogens (tertiary/aromatic N) is 3. The van der Waals surface area contributed by atoms with Gasteiger partial charge in [0.1, 0.15) is 0 Å². The maximum absolute atomic E-state index is 5.32. The number of hydrogen-bond acceptors (Lipinski definition) is 3. The van der Waals surface area contributed by atoms with Crippen LogP contribution < -0.4 is 4.90 Å². The van der Waals surface area contributed by atoms with Crippen molar-refractivity contribution in [2.45, 2.75) is 5.41 Å². The molecule has 0 amide bonds. The van der Waals surface area contributed by atoms with Gasteiger partial charge in [0.25, 0.3) is 0 Å². The van der Waals surface area contributed by atoms with E-state index in [4.69, 9.17) is 9.97 Å². The third-order valence-electron chi connectivity index (χ3n) is 11.5. The van der Waals surface area contributed by atoms with Gasteiger partial charge in [-0.05, 0) is 63.2 Å². The van der Waals surface area contributed by atoms with Crippen LogP contribution in [0.5, 0.6) is 0 Å². The van der Waals surface area contributed by atoms with Crippen LogP contribution in [0, 0.1) is 0 Å². The smallest absolute Gasteiger partial charge is 0.160 e. The molecule has 0 atom stereocenters. The Morgan fingerprint density at radius 3 is 1.50 bits per heavy atom. The predicted octanol–water partition coefficient (Wildman–Crippen LogP) is 13.3. The highest BCUT2D eigenvalue weighted by molar-refractivity contribution is 6.02. The molecule has 0 bridgehead atoms. The minimum Gasteiger partial charge on any atom is -0.309 e. The van der Waals surface area contributed by atoms with E-state index in [-0.39, 0.29) is 0 Å². The second kappa shape index (κ2) is 12.9. The lowest BCUT2D eigenvalue weighted by Crippen LogP contribution is -2.36. The highest BCUT2D eigenvalue weighted by atomic mass is 15.2. The molecule has 0 saturated heterocycles.